The fourth-order valence-electron chi connectivity index (χ4n) is 4.82. The summed E-state index contributed by atoms with van der Waals surface area (Å²) < 4.78 is 8.72. The van der Waals surface area contributed by atoms with Gasteiger partial charge in [-0.1, -0.05) is 12.8 Å². The van der Waals surface area contributed by atoms with E-state index >= 15 is 0 Å². The minimum Gasteiger partial charge on any atom is -0.383 e. The van der Waals surface area contributed by atoms with Crippen LogP contribution in [-0.4, -0.2) is 51.7 Å². The first-order valence-electron chi connectivity index (χ1n) is 10.5. The van der Waals surface area contributed by atoms with Gasteiger partial charge in [0.25, 0.3) is 0 Å². The smallest absolute Gasteiger partial charge is 0.330 e. The molecule has 2 aliphatic rings. The van der Waals surface area contributed by atoms with Crippen LogP contribution in [0.1, 0.15) is 51.0 Å². The van der Waals surface area contributed by atoms with Crippen molar-refractivity contribution in [2.24, 2.45) is 5.92 Å². The number of ether oxygens (including phenoxy) is 1. The molecular formula is C21H30N4O3. The fourth-order valence-corrected chi connectivity index (χ4v) is 4.82. The minimum atomic E-state index is -0.0548. The van der Waals surface area contributed by atoms with E-state index in [2.05, 4.69) is 4.98 Å². The monoisotopic (exact) mass is 386 g/mol. The fraction of sp³-hybridized carbons (Fsp3) is 0.667. The number of amides is 1. The molecule has 0 aromatic carbocycles. The third-order valence-corrected chi connectivity index (χ3v) is 6.29. The number of methoxy groups -OCH3 is 1. The van der Waals surface area contributed by atoms with Gasteiger partial charge in [0, 0.05) is 32.8 Å². The summed E-state index contributed by atoms with van der Waals surface area (Å²) in [5, 5.41) is 0. The van der Waals surface area contributed by atoms with Gasteiger partial charge in [-0.15, -0.1) is 0 Å². The van der Waals surface area contributed by atoms with E-state index < -0.39 is 0 Å². The van der Waals surface area contributed by atoms with Gasteiger partial charge in [0.05, 0.1) is 24.7 Å². The Balaban J connectivity index is 1.58. The SMILES string of the molecule is COCCn1c(=O)n([C@H]2CCCN(C(=O)CC3CCCC3)C2)c2ncccc21. The number of rotatable bonds is 6. The van der Waals surface area contributed by atoms with Gasteiger partial charge in [-0.25, -0.2) is 9.78 Å². The summed E-state index contributed by atoms with van der Waals surface area (Å²) in [7, 11) is 1.64. The van der Waals surface area contributed by atoms with Gasteiger partial charge in [-0.3, -0.25) is 13.9 Å². The second-order valence-corrected chi connectivity index (χ2v) is 8.13. The summed E-state index contributed by atoms with van der Waals surface area (Å²) in [6.45, 7) is 2.38. The quantitative estimate of drug-likeness (QED) is 0.765. The van der Waals surface area contributed by atoms with Crippen molar-refractivity contribution < 1.29 is 9.53 Å². The number of pyridine rings is 1. The van der Waals surface area contributed by atoms with E-state index in [9.17, 15) is 9.59 Å². The maximum absolute atomic E-state index is 13.2. The maximum atomic E-state index is 13.2. The molecule has 1 aliphatic carbocycles. The van der Waals surface area contributed by atoms with Crippen LogP contribution < -0.4 is 5.69 Å². The molecule has 1 atom stereocenters. The van der Waals surface area contributed by atoms with Crippen molar-refractivity contribution in [1.82, 2.24) is 19.0 Å². The van der Waals surface area contributed by atoms with Gasteiger partial charge < -0.3 is 9.64 Å². The molecule has 1 saturated carbocycles. The van der Waals surface area contributed by atoms with Gasteiger partial charge in [0.15, 0.2) is 5.65 Å². The summed E-state index contributed by atoms with van der Waals surface area (Å²) in [6.07, 6.45) is 9.07. The summed E-state index contributed by atoms with van der Waals surface area (Å²) in [5.41, 5.74) is 1.48. The molecule has 0 N–H and O–H groups in total. The number of aromatic nitrogens is 3. The van der Waals surface area contributed by atoms with Crippen molar-refractivity contribution >= 4 is 17.1 Å². The molecule has 152 valence electrons. The normalized spacial score (nSPS) is 20.9. The molecule has 1 saturated heterocycles. The number of hydrogen-bond donors (Lipinski definition) is 0. The molecule has 7 nitrogen and oxygen atoms in total. The molecule has 0 bridgehead atoms. The molecule has 4 rings (SSSR count). The molecular weight excluding hydrogens is 356 g/mol. The van der Waals surface area contributed by atoms with E-state index in [0.717, 1.165) is 24.9 Å². The predicted molar refractivity (Wildman–Crippen MR) is 107 cm³/mol. The first-order valence-corrected chi connectivity index (χ1v) is 10.5. The number of nitrogens with zero attached hydrogens (tertiary/aromatic N) is 4. The Morgan fingerprint density at radius 3 is 2.86 bits per heavy atom. The average Bonchev–Trinajstić information content (AvgIpc) is 3.32. The summed E-state index contributed by atoms with van der Waals surface area (Å²) in [4.78, 5) is 32.5. The molecule has 1 amide bonds. The number of hydrogen-bond acceptors (Lipinski definition) is 4. The number of piperidine rings is 1. The number of carbonyl (C=O) groups is 1. The second-order valence-electron chi connectivity index (χ2n) is 8.13. The van der Waals surface area contributed by atoms with Gasteiger partial charge in [-0.05, 0) is 43.7 Å². The van der Waals surface area contributed by atoms with Gasteiger partial charge >= 0.3 is 5.69 Å². The van der Waals surface area contributed by atoms with E-state index in [4.69, 9.17) is 4.74 Å². The summed E-state index contributed by atoms with van der Waals surface area (Å²) in [5.74, 6) is 0.800. The molecule has 2 fully saturated rings. The lowest BCUT2D eigenvalue weighted by molar-refractivity contribution is -0.133. The number of fused-ring (bicyclic) bond motifs is 1. The third kappa shape index (κ3) is 3.72. The Morgan fingerprint density at radius 2 is 2.07 bits per heavy atom. The predicted octanol–water partition coefficient (Wildman–Crippen LogP) is 2.59. The molecule has 1 aliphatic heterocycles. The van der Waals surface area contributed by atoms with Crippen molar-refractivity contribution in [1.29, 1.82) is 0 Å². The minimum absolute atomic E-state index is 0.0185. The van der Waals surface area contributed by atoms with Crippen LogP contribution in [0, 0.1) is 5.92 Å². The van der Waals surface area contributed by atoms with E-state index in [0.29, 0.717) is 37.7 Å². The van der Waals surface area contributed by atoms with Crippen LogP contribution in [0.25, 0.3) is 11.2 Å². The zero-order valence-corrected chi connectivity index (χ0v) is 16.7. The Morgan fingerprint density at radius 1 is 1.25 bits per heavy atom. The molecule has 3 heterocycles. The van der Waals surface area contributed by atoms with E-state index in [1.807, 2.05) is 17.0 Å². The average molecular weight is 386 g/mol. The first-order chi connectivity index (χ1) is 13.7. The summed E-state index contributed by atoms with van der Waals surface area (Å²) >= 11 is 0. The highest BCUT2D eigenvalue weighted by molar-refractivity contribution is 5.76. The number of carbonyl (C=O) groups excluding carboxylic acids is 1. The van der Waals surface area contributed by atoms with Crippen LogP contribution in [0.4, 0.5) is 0 Å². The molecule has 0 spiro atoms. The van der Waals surface area contributed by atoms with Crippen LogP contribution in [0.15, 0.2) is 23.1 Å². The van der Waals surface area contributed by atoms with Gasteiger partial charge in [-0.2, -0.15) is 0 Å². The maximum Gasteiger partial charge on any atom is 0.330 e. The van der Waals surface area contributed by atoms with Crippen molar-refractivity contribution in [2.45, 2.75) is 57.5 Å². The Kier molecular flexibility index (Phi) is 5.80. The van der Waals surface area contributed by atoms with Crippen LogP contribution in [0.2, 0.25) is 0 Å². The lowest BCUT2D eigenvalue weighted by Crippen LogP contribution is -2.43. The molecule has 0 radical (unpaired) electrons. The molecule has 28 heavy (non-hydrogen) atoms. The molecule has 2 aromatic heterocycles. The van der Waals surface area contributed by atoms with Gasteiger partial charge in [0.2, 0.25) is 5.91 Å². The van der Waals surface area contributed by atoms with Crippen molar-refractivity contribution in [3.63, 3.8) is 0 Å². The molecule has 0 unspecified atom stereocenters. The van der Waals surface area contributed by atoms with Crippen LogP contribution in [0.3, 0.4) is 0 Å². The van der Waals surface area contributed by atoms with Crippen LogP contribution in [0.5, 0.6) is 0 Å². The largest absolute Gasteiger partial charge is 0.383 e. The second kappa shape index (κ2) is 8.47. The Labute approximate surface area is 165 Å². The highest BCUT2D eigenvalue weighted by atomic mass is 16.5. The zero-order valence-electron chi connectivity index (χ0n) is 16.7. The van der Waals surface area contributed by atoms with Crippen LogP contribution in [-0.2, 0) is 16.1 Å². The van der Waals surface area contributed by atoms with E-state index in [1.54, 1.807) is 22.4 Å². The number of imidazole rings is 1. The lowest BCUT2D eigenvalue weighted by atomic mass is 10.0. The third-order valence-electron chi connectivity index (χ3n) is 6.29. The molecule has 7 heteroatoms. The van der Waals surface area contributed by atoms with Crippen molar-refractivity contribution in [3.8, 4) is 0 Å². The zero-order chi connectivity index (χ0) is 19.5. The molecule has 2 aromatic rings. The van der Waals surface area contributed by atoms with Crippen molar-refractivity contribution in [2.75, 3.05) is 26.8 Å². The van der Waals surface area contributed by atoms with E-state index in [-0.39, 0.29) is 17.6 Å². The van der Waals surface area contributed by atoms with Crippen molar-refractivity contribution in [3.05, 3.63) is 28.8 Å². The van der Waals surface area contributed by atoms with Crippen LogP contribution >= 0.6 is 0 Å². The lowest BCUT2D eigenvalue weighted by Gasteiger charge is -2.33. The highest BCUT2D eigenvalue weighted by Crippen LogP contribution is 2.30. The van der Waals surface area contributed by atoms with Gasteiger partial charge in [0.1, 0.15) is 0 Å². The highest BCUT2D eigenvalue weighted by Gasteiger charge is 2.30. The first kappa shape index (κ1) is 19.2. The topological polar surface area (TPSA) is 69.4 Å². The Hall–Kier alpha value is -2.15. The summed E-state index contributed by atoms with van der Waals surface area (Å²) in [6, 6.07) is 3.77. The number of likely N-dealkylation sites (tertiary alicyclic amines) is 1. The van der Waals surface area contributed by atoms with E-state index in [1.165, 1.54) is 25.7 Å². The standard InChI is InChI=1S/C21H30N4O3/c1-28-13-12-24-18-9-4-10-22-20(18)25(21(24)27)17-8-5-11-23(15-17)19(26)14-16-6-2-3-7-16/h4,9-10,16-17H,2-3,5-8,11-15H2,1H3/t17-/m0/s1. The Bertz CT molecular complexity index is 881.